The third kappa shape index (κ3) is 2.88. The van der Waals surface area contributed by atoms with Crippen molar-refractivity contribution in [2.24, 2.45) is 5.73 Å². The molecule has 0 spiro atoms. The van der Waals surface area contributed by atoms with Crippen molar-refractivity contribution in [2.75, 3.05) is 11.9 Å². The van der Waals surface area contributed by atoms with E-state index in [0.29, 0.717) is 24.5 Å². The first-order valence-electron chi connectivity index (χ1n) is 5.31. The maximum Gasteiger partial charge on any atom is 0.220 e. The zero-order valence-corrected chi connectivity index (χ0v) is 9.96. The fourth-order valence-corrected chi connectivity index (χ4v) is 1.82. The van der Waals surface area contributed by atoms with Crippen LogP contribution in [0.3, 0.4) is 0 Å². The van der Waals surface area contributed by atoms with Crippen molar-refractivity contribution in [3.63, 3.8) is 0 Å². The average Bonchev–Trinajstić information content (AvgIpc) is 2.32. The first-order chi connectivity index (χ1) is 8.16. The molecule has 4 N–H and O–H groups in total. The lowest BCUT2D eigenvalue weighted by molar-refractivity contribution is -0.122. The van der Waals surface area contributed by atoms with Gasteiger partial charge in [0.25, 0.3) is 0 Å². The molecule has 0 bridgehead atoms. The second-order valence-corrected chi connectivity index (χ2v) is 4.24. The van der Waals surface area contributed by atoms with Gasteiger partial charge in [0.05, 0.1) is 0 Å². The number of hydrogen-bond donors (Lipinski definition) is 3. The number of aromatic nitrogens is 2. The Kier molecular flexibility index (Phi) is 3.48. The molecule has 17 heavy (non-hydrogen) atoms. The zero-order valence-electron chi connectivity index (χ0n) is 9.14. The van der Waals surface area contributed by atoms with Gasteiger partial charge in [0.2, 0.25) is 5.91 Å². The first-order valence-corrected chi connectivity index (χ1v) is 5.71. The van der Waals surface area contributed by atoms with Gasteiger partial charge in [-0.25, -0.2) is 9.97 Å². The minimum absolute atomic E-state index is 0.0803. The number of thiocarbonyl (C=S) groups is 1. The highest BCUT2D eigenvalue weighted by molar-refractivity contribution is 7.80. The zero-order chi connectivity index (χ0) is 12.3. The van der Waals surface area contributed by atoms with Crippen LogP contribution < -0.4 is 16.4 Å². The number of nitrogens with zero attached hydrogens (tertiary/aromatic N) is 2. The van der Waals surface area contributed by atoms with Gasteiger partial charge in [0.15, 0.2) is 5.82 Å². The highest BCUT2D eigenvalue weighted by atomic mass is 32.1. The molecule has 0 aliphatic carbocycles. The van der Waals surface area contributed by atoms with E-state index >= 15 is 0 Å². The van der Waals surface area contributed by atoms with Crippen molar-refractivity contribution in [1.82, 2.24) is 15.3 Å². The standard InChI is InChI=1S/C10H13N5OS/c11-9(17)8-10(13-4-3-12-8)15-6-1-2-7(16)14-5-6/h3-4,6H,1-2,5H2,(H2,11,17)(H,13,15)(H,14,16). The van der Waals surface area contributed by atoms with Crippen LogP contribution in [0.2, 0.25) is 0 Å². The highest BCUT2D eigenvalue weighted by Crippen LogP contribution is 2.13. The van der Waals surface area contributed by atoms with E-state index in [1.807, 2.05) is 0 Å². The summed E-state index contributed by atoms with van der Waals surface area (Å²) in [6.45, 7) is 0.576. The maximum absolute atomic E-state index is 11.0. The molecule has 1 atom stereocenters. The summed E-state index contributed by atoms with van der Waals surface area (Å²) >= 11 is 4.90. The van der Waals surface area contributed by atoms with Crippen LogP contribution in [0.4, 0.5) is 5.82 Å². The van der Waals surface area contributed by atoms with Crippen molar-refractivity contribution in [2.45, 2.75) is 18.9 Å². The molecule has 90 valence electrons. The average molecular weight is 251 g/mol. The number of rotatable bonds is 3. The van der Waals surface area contributed by atoms with Crippen LogP contribution in [-0.2, 0) is 4.79 Å². The van der Waals surface area contributed by atoms with Gasteiger partial charge in [0.1, 0.15) is 10.7 Å². The van der Waals surface area contributed by atoms with Crippen molar-refractivity contribution in [1.29, 1.82) is 0 Å². The third-order valence-electron chi connectivity index (χ3n) is 2.54. The van der Waals surface area contributed by atoms with Gasteiger partial charge in [-0.3, -0.25) is 4.79 Å². The Balaban J connectivity index is 2.08. The lowest BCUT2D eigenvalue weighted by Crippen LogP contribution is -2.42. The number of carbonyl (C=O) groups excluding carboxylic acids is 1. The van der Waals surface area contributed by atoms with Crippen LogP contribution in [0.25, 0.3) is 0 Å². The predicted octanol–water partition coefficient (Wildman–Crippen LogP) is -0.199. The Morgan fingerprint density at radius 3 is 2.94 bits per heavy atom. The molecule has 1 unspecified atom stereocenters. The fourth-order valence-electron chi connectivity index (χ4n) is 1.67. The van der Waals surface area contributed by atoms with Crippen LogP contribution in [0.15, 0.2) is 12.4 Å². The summed E-state index contributed by atoms with van der Waals surface area (Å²) in [6.07, 6.45) is 4.40. The Bertz CT molecular complexity index is 440. The summed E-state index contributed by atoms with van der Waals surface area (Å²) in [7, 11) is 0. The summed E-state index contributed by atoms with van der Waals surface area (Å²) < 4.78 is 0. The Morgan fingerprint density at radius 2 is 2.29 bits per heavy atom. The highest BCUT2D eigenvalue weighted by Gasteiger charge is 2.19. The quantitative estimate of drug-likeness (QED) is 0.644. The molecular weight excluding hydrogens is 238 g/mol. The number of nitrogens with one attached hydrogen (secondary N) is 2. The number of piperidine rings is 1. The maximum atomic E-state index is 11.0. The second kappa shape index (κ2) is 5.05. The van der Waals surface area contributed by atoms with Gasteiger partial charge >= 0.3 is 0 Å². The molecule has 1 amide bonds. The SMILES string of the molecule is NC(=S)c1nccnc1NC1CCC(=O)NC1. The van der Waals surface area contributed by atoms with Gasteiger partial charge < -0.3 is 16.4 Å². The molecule has 1 aromatic rings. The summed E-state index contributed by atoms with van der Waals surface area (Å²) in [4.78, 5) is 19.5. The molecule has 7 heteroatoms. The molecular formula is C10H13N5OS. The largest absolute Gasteiger partial charge is 0.388 e. The van der Waals surface area contributed by atoms with Crippen LogP contribution in [0, 0.1) is 0 Å². The van der Waals surface area contributed by atoms with E-state index in [-0.39, 0.29) is 16.9 Å². The van der Waals surface area contributed by atoms with E-state index in [1.165, 1.54) is 0 Å². The van der Waals surface area contributed by atoms with E-state index in [9.17, 15) is 4.79 Å². The second-order valence-electron chi connectivity index (χ2n) is 3.80. The molecule has 0 aromatic carbocycles. The van der Waals surface area contributed by atoms with Crippen LogP contribution >= 0.6 is 12.2 Å². The molecule has 0 radical (unpaired) electrons. The number of hydrogen-bond acceptors (Lipinski definition) is 5. The van der Waals surface area contributed by atoms with Crippen molar-refractivity contribution >= 4 is 28.9 Å². The van der Waals surface area contributed by atoms with Gasteiger partial charge in [-0.15, -0.1) is 0 Å². The van der Waals surface area contributed by atoms with Gasteiger partial charge in [-0.1, -0.05) is 12.2 Å². The molecule has 1 saturated heterocycles. The van der Waals surface area contributed by atoms with Gasteiger partial charge in [-0.2, -0.15) is 0 Å². The molecule has 1 aliphatic heterocycles. The van der Waals surface area contributed by atoms with Crippen LogP contribution in [-0.4, -0.2) is 33.5 Å². The Labute approximate surface area is 104 Å². The smallest absolute Gasteiger partial charge is 0.220 e. The van der Waals surface area contributed by atoms with Crippen molar-refractivity contribution in [3.8, 4) is 0 Å². The summed E-state index contributed by atoms with van der Waals surface area (Å²) in [5, 5.41) is 5.98. The molecule has 0 saturated carbocycles. The van der Waals surface area contributed by atoms with E-state index < -0.39 is 0 Å². The van der Waals surface area contributed by atoms with Gasteiger partial charge in [0, 0.05) is 31.4 Å². The monoisotopic (exact) mass is 251 g/mol. The minimum atomic E-state index is 0.0803. The predicted molar refractivity (Wildman–Crippen MR) is 67.6 cm³/mol. The lowest BCUT2D eigenvalue weighted by atomic mass is 10.1. The number of nitrogens with two attached hydrogens (primary N) is 1. The number of carbonyl (C=O) groups is 1. The van der Waals surface area contributed by atoms with Crippen molar-refractivity contribution < 1.29 is 4.79 Å². The molecule has 1 aliphatic rings. The lowest BCUT2D eigenvalue weighted by Gasteiger charge is -2.24. The normalized spacial score (nSPS) is 19.5. The Morgan fingerprint density at radius 1 is 1.53 bits per heavy atom. The van der Waals surface area contributed by atoms with E-state index in [0.717, 1.165) is 6.42 Å². The number of anilines is 1. The molecule has 6 nitrogen and oxygen atoms in total. The van der Waals surface area contributed by atoms with E-state index in [4.69, 9.17) is 18.0 Å². The Hall–Kier alpha value is -1.76. The van der Waals surface area contributed by atoms with Crippen LogP contribution in [0.5, 0.6) is 0 Å². The minimum Gasteiger partial charge on any atom is -0.388 e. The van der Waals surface area contributed by atoms with E-state index in [2.05, 4.69) is 20.6 Å². The van der Waals surface area contributed by atoms with E-state index in [1.54, 1.807) is 12.4 Å². The third-order valence-corrected chi connectivity index (χ3v) is 2.73. The summed E-state index contributed by atoms with van der Waals surface area (Å²) in [5.74, 6) is 0.651. The topological polar surface area (TPSA) is 92.9 Å². The number of amides is 1. The summed E-state index contributed by atoms with van der Waals surface area (Å²) in [5.41, 5.74) is 6.05. The van der Waals surface area contributed by atoms with Crippen LogP contribution in [0.1, 0.15) is 18.5 Å². The molecule has 2 heterocycles. The molecule has 1 fully saturated rings. The van der Waals surface area contributed by atoms with Gasteiger partial charge in [-0.05, 0) is 6.42 Å². The fraction of sp³-hybridized carbons (Fsp3) is 0.400. The molecule has 1 aromatic heterocycles. The molecule has 2 rings (SSSR count). The summed E-state index contributed by atoms with van der Waals surface area (Å²) in [6, 6.07) is 0.137. The first kappa shape index (κ1) is 11.7. The van der Waals surface area contributed by atoms with Crippen molar-refractivity contribution in [3.05, 3.63) is 18.1 Å².